The van der Waals surface area contributed by atoms with Crippen LogP contribution in [0.1, 0.15) is 52.9 Å². The van der Waals surface area contributed by atoms with Crippen LogP contribution in [-0.2, 0) is 26.6 Å². The van der Waals surface area contributed by atoms with Crippen LogP contribution in [0.5, 0.6) is 0 Å². The monoisotopic (exact) mass is 364 g/mol. The maximum atomic E-state index is 13.0. The minimum atomic E-state index is 0.0536. The summed E-state index contributed by atoms with van der Waals surface area (Å²) >= 11 is 0. The van der Waals surface area contributed by atoms with Crippen LogP contribution in [0.15, 0.2) is 36.7 Å². The molecule has 7 heteroatoms. The molecule has 3 heterocycles. The minimum absolute atomic E-state index is 0.0536. The van der Waals surface area contributed by atoms with Gasteiger partial charge in [0.1, 0.15) is 5.82 Å². The molecule has 0 unspecified atom stereocenters. The highest BCUT2D eigenvalue weighted by Crippen LogP contribution is 2.24. The Morgan fingerprint density at radius 2 is 2.15 bits per heavy atom. The van der Waals surface area contributed by atoms with Gasteiger partial charge in [0.25, 0.3) is 5.91 Å². The highest BCUT2D eigenvalue weighted by molar-refractivity contribution is 5.94. The summed E-state index contributed by atoms with van der Waals surface area (Å²) in [5.74, 6) is 1.51. The topological polar surface area (TPSA) is 68.8 Å². The first-order valence-electron chi connectivity index (χ1n) is 9.29. The highest BCUT2D eigenvalue weighted by atomic mass is 16.2. The zero-order valence-corrected chi connectivity index (χ0v) is 16.0. The third-order valence-corrected chi connectivity index (χ3v) is 5.08. The van der Waals surface area contributed by atoms with Gasteiger partial charge >= 0.3 is 0 Å². The van der Waals surface area contributed by atoms with E-state index in [2.05, 4.69) is 35.8 Å². The quantitative estimate of drug-likeness (QED) is 0.713. The van der Waals surface area contributed by atoms with Gasteiger partial charge in [0.2, 0.25) is 0 Å². The first-order chi connectivity index (χ1) is 13.0. The number of hydrogen-bond acceptors (Lipinski definition) is 4. The maximum absolute atomic E-state index is 13.0. The van der Waals surface area contributed by atoms with Crippen molar-refractivity contribution in [2.24, 2.45) is 7.05 Å². The van der Waals surface area contributed by atoms with Gasteiger partial charge in [-0.3, -0.25) is 4.79 Å². The second kappa shape index (κ2) is 6.98. The molecule has 0 saturated heterocycles. The molecule has 1 aromatic carbocycles. The molecule has 1 aliphatic rings. The van der Waals surface area contributed by atoms with E-state index in [0.29, 0.717) is 24.6 Å². The van der Waals surface area contributed by atoms with E-state index in [1.807, 2.05) is 35.4 Å². The van der Waals surface area contributed by atoms with Crippen LogP contribution in [0, 0.1) is 0 Å². The molecule has 1 amide bonds. The number of imidazole rings is 1. The molecule has 0 saturated carbocycles. The predicted molar refractivity (Wildman–Crippen MR) is 101 cm³/mol. The van der Waals surface area contributed by atoms with Crippen molar-refractivity contribution in [3.8, 4) is 0 Å². The Kier molecular flexibility index (Phi) is 4.51. The molecular formula is C20H24N6O. The molecular weight excluding hydrogens is 340 g/mol. The molecule has 7 nitrogen and oxygen atoms in total. The number of amides is 1. The number of carbonyl (C=O) groups excluding carboxylic acids is 1. The maximum Gasteiger partial charge on any atom is 0.254 e. The van der Waals surface area contributed by atoms with E-state index in [-0.39, 0.29) is 5.91 Å². The number of rotatable bonds is 4. The SMILES string of the molecule is CC(C)c1nc2c(n1C)CCN(C(=O)c1cccc(Cn3ccnn3)c1)C2. The fourth-order valence-electron chi connectivity index (χ4n) is 3.73. The second-order valence-electron chi connectivity index (χ2n) is 7.35. The van der Waals surface area contributed by atoms with Crippen LogP contribution in [-0.4, -0.2) is 41.9 Å². The van der Waals surface area contributed by atoms with Gasteiger partial charge in [0.05, 0.1) is 25.0 Å². The third-order valence-electron chi connectivity index (χ3n) is 5.08. The molecule has 0 radical (unpaired) electrons. The van der Waals surface area contributed by atoms with Crippen molar-refractivity contribution in [3.63, 3.8) is 0 Å². The van der Waals surface area contributed by atoms with Crippen LogP contribution in [0.4, 0.5) is 0 Å². The van der Waals surface area contributed by atoms with E-state index < -0.39 is 0 Å². The van der Waals surface area contributed by atoms with Gasteiger partial charge in [-0.2, -0.15) is 0 Å². The molecule has 0 atom stereocenters. The lowest BCUT2D eigenvalue weighted by molar-refractivity contribution is 0.0731. The predicted octanol–water partition coefficient (Wildman–Crippen LogP) is 2.38. The Hall–Kier alpha value is -2.96. The molecule has 0 fully saturated rings. The molecule has 2 aromatic heterocycles. The Morgan fingerprint density at radius 1 is 1.30 bits per heavy atom. The molecule has 0 spiro atoms. The standard InChI is InChI=1S/C20H24N6O/c1-14(2)19-22-17-13-25(9-7-18(17)24(19)3)20(27)16-6-4-5-15(11-16)12-26-10-8-21-23-26/h4-6,8,10-11,14H,7,9,12-13H2,1-3H3. The number of fused-ring (bicyclic) bond motifs is 1. The molecule has 0 aliphatic carbocycles. The van der Waals surface area contributed by atoms with E-state index in [9.17, 15) is 4.79 Å². The van der Waals surface area contributed by atoms with Crippen LogP contribution < -0.4 is 0 Å². The lowest BCUT2D eigenvalue weighted by Gasteiger charge is -2.27. The average Bonchev–Trinajstić information content (AvgIpc) is 3.29. The van der Waals surface area contributed by atoms with Gasteiger partial charge in [-0.25, -0.2) is 9.67 Å². The molecule has 0 bridgehead atoms. The van der Waals surface area contributed by atoms with Gasteiger partial charge in [-0.05, 0) is 17.7 Å². The van der Waals surface area contributed by atoms with Crippen molar-refractivity contribution in [2.75, 3.05) is 6.54 Å². The van der Waals surface area contributed by atoms with Gasteiger partial charge in [-0.15, -0.1) is 5.10 Å². The second-order valence-corrected chi connectivity index (χ2v) is 7.35. The summed E-state index contributed by atoms with van der Waals surface area (Å²) in [4.78, 5) is 19.7. The van der Waals surface area contributed by atoms with Crippen molar-refractivity contribution < 1.29 is 4.79 Å². The summed E-state index contributed by atoms with van der Waals surface area (Å²) in [6.07, 6.45) is 4.31. The zero-order chi connectivity index (χ0) is 19.0. The fraction of sp³-hybridized carbons (Fsp3) is 0.400. The zero-order valence-electron chi connectivity index (χ0n) is 16.0. The average molecular weight is 364 g/mol. The minimum Gasteiger partial charge on any atom is -0.334 e. The van der Waals surface area contributed by atoms with Crippen molar-refractivity contribution >= 4 is 5.91 Å². The van der Waals surface area contributed by atoms with Crippen molar-refractivity contribution in [1.82, 2.24) is 29.4 Å². The summed E-state index contributed by atoms with van der Waals surface area (Å²) in [7, 11) is 2.08. The summed E-state index contributed by atoms with van der Waals surface area (Å²) in [6.45, 7) is 6.19. The number of carbonyl (C=O) groups is 1. The van der Waals surface area contributed by atoms with Gasteiger partial charge in [-0.1, -0.05) is 31.2 Å². The molecule has 4 rings (SSSR count). The van der Waals surface area contributed by atoms with Gasteiger partial charge in [0, 0.05) is 43.4 Å². The molecule has 1 aliphatic heterocycles. The van der Waals surface area contributed by atoms with Crippen molar-refractivity contribution in [2.45, 2.75) is 39.3 Å². The molecule has 140 valence electrons. The van der Waals surface area contributed by atoms with Crippen LogP contribution in [0.3, 0.4) is 0 Å². The van der Waals surface area contributed by atoms with Crippen molar-refractivity contribution in [1.29, 1.82) is 0 Å². The van der Waals surface area contributed by atoms with Crippen LogP contribution >= 0.6 is 0 Å². The van der Waals surface area contributed by atoms with E-state index >= 15 is 0 Å². The Balaban J connectivity index is 1.53. The number of nitrogens with zero attached hydrogens (tertiary/aromatic N) is 6. The first-order valence-corrected chi connectivity index (χ1v) is 9.29. The fourth-order valence-corrected chi connectivity index (χ4v) is 3.73. The normalized spacial score (nSPS) is 13.9. The molecule has 3 aromatic rings. The number of aromatic nitrogens is 5. The van der Waals surface area contributed by atoms with Crippen molar-refractivity contribution in [3.05, 3.63) is 65.0 Å². The number of benzene rings is 1. The smallest absolute Gasteiger partial charge is 0.254 e. The van der Waals surface area contributed by atoms with Gasteiger partial charge < -0.3 is 9.47 Å². The summed E-state index contributed by atoms with van der Waals surface area (Å²) in [5, 5.41) is 7.81. The van der Waals surface area contributed by atoms with Crippen LogP contribution in [0.2, 0.25) is 0 Å². The Bertz CT molecular complexity index is 957. The molecule has 0 N–H and O–H groups in total. The Morgan fingerprint density at radius 3 is 2.89 bits per heavy atom. The lowest BCUT2D eigenvalue weighted by atomic mass is 10.1. The van der Waals surface area contributed by atoms with Crippen LogP contribution in [0.25, 0.3) is 0 Å². The lowest BCUT2D eigenvalue weighted by Crippen LogP contribution is -2.36. The summed E-state index contributed by atoms with van der Waals surface area (Å²) in [5.41, 5.74) is 4.02. The largest absolute Gasteiger partial charge is 0.334 e. The Labute approximate surface area is 158 Å². The highest BCUT2D eigenvalue weighted by Gasteiger charge is 2.27. The molecule has 27 heavy (non-hydrogen) atoms. The van der Waals surface area contributed by atoms with E-state index in [1.165, 1.54) is 5.69 Å². The van der Waals surface area contributed by atoms with Gasteiger partial charge in [0.15, 0.2) is 0 Å². The summed E-state index contributed by atoms with van der Waals surface area (Å²) < 4.78 is 3.94. The first kappa shape index (κ1) is 17.5. The van der Waals surface area contributed by atoms with E-state index in [0.717, 1.165) is 30.0 Å². The third kappa shape index (κ3) is 3.37. The summed E-state index contributed by atoms with van der Waals surface area (Å²) in [6, 6.07) is 7.74. The van der Waals surface area contributed by atoms with E-state index in [4.69, 9.17) is 4.98 Å². The number of hydrogen-bond donors (Lipinski definition) is 0. The van der Waals surface area contributed by atoms with E-state index in [1.54, 1.807) is 10.9 Å².